The Morgan fingerprint density at radius 3 is 2.91 bits per heavy atom. The molecule has 1 aromatic heterocycles. The first kappa shape index (κ1) is 7.71. The highest BCUT2D eigenvalue weighted by atomic mass is 32.3. The largest absolute Gasteiger partial charge is 0.266 e. The van der Waals surface area contributed by atoms with Crippen molar-refractivity contribution in [2.24, 2.45) is 4.99 Å². The van der Waals surface area contributed by atoms with Gasteiger partial charge < -0.3 is 0 Å². The lowest BCUT2D eigenvalue weighted by Gasteiger charge is -2.11. The Morgan fingerprint density at radius 1 is 1.45 bits per heavy atom. The molecule has 0 saturated carbocycles. The second-order valence-electron chi connectivity index (χ2n) is 2.07. The zero-order valence-electron chi connectivity index (χ0n) is 5.82. The van der Waals surface area contributed by atoms with E-state index in [-0.39, 0.29) is 0 Å². The monoisotopic (exact) mass is 201 g/mol. The van der Waals surface area contributed by atoms with Gasteiger partial charge in [-0.2, -0.15) is 0 Å². The molecule has 58 valence electrons. The smallest absolute Gasteiger partial charge is 0.126 e. The lowest BCUT2D eigenvalue weighted by Crippen LogP contribution is -1.98. The minimum absolute atomic E-state index is 0.868. The van der Waals surface area contributed by atoms with Crippen molar-refractivity contribution in [3.63, 3.8) is 0 Å². The maximum absolute atomic E-state index is 4.42. The third kappa shape index (κ3) is 2.01. The molecule has 1 nitrogen and oxygen atoms in total. The van der Waals surface area contributed by atoms with Crippen molar-refractivity contribution in [3.05, 3.63) is 22.4 Å². The van der Waals surface area contributed by atoms with Crippen LogP contribution in [-0.2, 0) is 6.54 Å². The zero-order chi connectivity index (χ0) is 7.52. The number of rotatable bonds is 2. The third-order valence-electron chi connectivity index (χ3n) is 1.31. The van der Waals surface area contributed by atoms with Crippen LogP contribution in [0.5, 0.6) is 0 Å². The van der Waals surface area contributed by atoms with Gasteiger partial charge in [-0.05, 0) is 11.4 Å². The molecule has 0 radical (unpaired) electrons. The number of aliphatic imine (C=N–C) groups is 1. The van der Waals surface area contributed by atoms with Crippen LogP contribution in [0.1, 0.15) is 4.88 Å². The Balaban J connectivity index is 1.91. The Bertz CT molecular complexity index is 247. The van der Waals surface area contributed by atoms with Crippen molar-refractivity contribution in [2.45, 2.75) is 6.54 Å². The van der Waals surface area contributed by atoms with Gasteiger partial charge in [0.1, 0.15) is 4.38 Å². The molecular formula is C7H7NS3. The Kier molecular flexibility index (Phi) is 2.56. The molecule has 1 aliphatic rings. The fourth-order valence-corrected chi connectivity index (χ4v) is 2.58. The van der Waals surface area contributed by atoms with Gasteiger partial charge in [0, 0.05) is 4.88 Å². The molecule has 0 spiro atoms. The van der Waals surface area contributed by atoms with Crippen LogP contribution in [0.2, 0.25) is 0 Å². The Hall–Kier alpha value is 0.0700. The predicted octanol–water partition coefficient (Wildman–Crippen LogP) is 3.04. The van der Waals surface area contributed by atoms with Crippen molar-refractivity contribution in [1.82, 2.24) is 0 Å². The maximum atomic E-state index is 4.42. The molecule has 0 amide bonds. The summed E-state index contributed by atoms with van der Waals surface area (Å²) in [6, 6.07) is 4.20. The van der Waals surface area contributed by atoms with Crippen LogP contribution >= 0.6 is 34.9 Å². The molecule has 1 aromatic rings. The summed E-state index contributed by atoms with van der Waals surface area (Å²) in [5.41, 5.74) is 0. The van der Waals surface area contributed by atoms with Crippen LogP contribution in [0, 0.1) is 0 Å². The topological polar surface area (TPSA) is 12.4 Å². The first-order valence-electron chi connectivity index (χ1n) is 3.27. The third-order valence-corrected chi connectivity index (χ3v) is 4.57. The number of hydrogen-bond donors (Lipinski definition) is 0. The fraction of sp³-hybridized carbons (Fsp3) is 0.286. The van der Waals surface area contributed by atoms with Crippen LogP contribution in [0.15, 0.2) is 22.5 Å². The second-order valence-corrected chi connectivity index (χ2v) is 5.65. The number of thioether (sulfide) groups is 2. The van der Waals surface area contributed by atoms with E-state index < -0.39 is 0 Å². The van der Waals surface area contributed by atoms with Gasteiger partial charge in [-0.15, -0.1) is 11.3 Å². The molecular weight excluding hydrogens is 194 g/mol. The average Bonchev–Trinajstić information content (AvgIpc) is 2.36. The average molecular weight is 201 g/mol. The summed E-state index contributed by atoms with van der Waals surface area (Å²) in [6.45, 7) is 0.868. The quantitative estimate of drug-likeness (QED) is 0.729. The molecule has 0 unspecified atom stereocenters. The van der Waals surface area contributed by atoms with Crippen LogP contribution in [-0.4, -0.2) is 9.46 Å². The van der Waals surface area contributed by atoms with Gasteiger partial charge in [0.25, 0.3) is 0 Å². The molecule has 2 rings (SSSR count). The maximum Gasteiger partial charge on any atom is 0.126 e. The minimum Gasteiger partial charge on any atom is -0.266 e. The summed E-state index contributed by atoms with van der Waals surface area (Å²) in [6.07, 6.45) is 0. The van der Waals surface area contributed by atoms with E-state index in [0.29, 0.717) is 0 Å². The summed E-state index contributed by atoms with van der Waals surface area (Å²) in [4.78, 5) is 5.78. The normalized spacial score (nSPS) is 16.2. The molecule has 0 bridgehead atoms. The van der Waals surface area contributed by atoms with Gasteiger partial charge in [0.2, 0.25) is 0 Å². The fourth-order valence-electron chi connectivity index (χ4n) is 0.748. The summed E-state index contributed by atoms with van der Waals surface area (Å²) >= 11 is 5.46. The second kappa shape index (κ2) is 3.65. The highest BCUT2D eigenvalue weighted by Gasteiger charge is 2.10. The van der Waals surface area contributed by atoms with Gasteiger partial charge in [0.05, 0.1) is 11.6 Å². The summed E-state index contributed by atoms with van der Waals surface area (Å²) in [7, 11) is 0. The molecule has 1 aliphatic heterocycles. The highest BCUT2D eigenvalue weighted by molar-refractivity contribution is 8.52. The molecule has 0 aromatic carbocycles. The Labute approximate surface area is 78.3 Å². The van der Waals surface area contributed by atoms with E-state index in [1.807, 2.05) is 23.5 Å². The van der Waals surface area contributed by atoms with Crippen LogP contribution in [0.25, 0.3) is 0 Å². The first-order valence-corrected chi connectivity index (χ1v) is 6.13. The minimum atomic E-state index is 0.868. The lowest BCUT2D eigenvalue weighted by molar-refractivity contribution is 1.12. The van der Waals surface area contributed by atoms with E-state index in [9.17, 15) is 0 Å². The molecule has 0 N–H and O–H groups in total. The molecule has 4 heteroatoms. The first-order chi connectivity index (χ1) is 5.45. The van der Waals surface area contributed by atoms with E-state index in [0.717, 1.165) is 6.54 Å². The predicted molar refractivity (Wildman–Crippen MR) is 55.5 cm³/mol. The number of nitrogens with zero attached hydrogens (tertiary/aromatic N) is 1. The summed E-state index contributed by atoms with van der Waals surface area (Å²) in [5.74, 6) is 0. The van der Waals surface area contributed by atoms with Crippen LogP contribution < -0.4 is 0 Å². The van der Waals surface area contributed by atoms with Crippen molar-refractivity contribution in [1.29, 1.82) is 0 Å². The van der Waals surface area contributed by atoms with E-state index >= 15 is 0 Å². The van der Waals surface area contributed by atoms with Gasteiger partial charge in [-0.3, -0.25) is 4.99 Å². The summed E-state index contributed by atoms with van der Waals surface area (Å²) in [5, 5.41) is 3.28. The zero-order valence-corrected chi connectivity index (χ0v) is 8.27. The van der Waals surface area contributed by atoms with Crippen LogP contribution in [0.4, 0.5) is 0 Å². The molecule has 1 fully saturated rings. The van der Waals surface area contributed by atoms with Crippen molar-refractivity contribution < 1.29 is 0 Å². The van der Waals surface area contributed by atoms with E-state index in [4.69, 9.17) is 0 Å². The molecule has 11 heavy (non-hydrogen) atoms. The molecule has 0 aliphatic carbocycles. The summed E-state index contributed by atoms with van der Waals surface area (Å²) < 4.78 is 1.25. The molecule has 1 saturated heterocycles. The highest BCUT2D eigenvalue weighted by Crippen LogP contribution is 2.33. The van der Waals surface area contributed by atoms with Gasteiger partial charge in [-0.25, -0.2) is 0 Å². The Morgan fingerprint density at radius 2 is 2.36 bits per heavy atom. The van der Waals surface area contributed by atoms with Gasteiger partial charge in [-0.1, -0.05) is 29.6 Å². The molecule has 2 heterocycles. The lowest BCUT2D eigenvalue weighted by atomic mass is 10.5. The standard InChI is InChI=1S/C7H7NS3/c1-2-6(9-3-1)4-8-7-10-5-11-7/h1-3H,4-5H2. The number of hydrogen-bond acceptors (Lipinski definition) is 4. The van der Waals surface area contributed by atoms with E-state index in [1.165, 1.54) is 14.3 Å². The van der Waals surface area contributed by atoms with Gasteiger partial charge >= 0.3 is 0 Å². The SMILES string of the molecule is c1csc(CN=C2SCS2)c1. The van der Waals surface area contributed by atoms with E-state index in [2.05, 4.69) is 22.5 Å². The molecule has 0 atom stereocenters. The van der Waals surface area contributed by atoms with E-state index in [1.54, 1.807) is 11.3 Å². The van der Waals surface area contributed by atoms with Crippen molar-refractivity contribution in [3.8, 4) is 0 Å². The van der Waals surface area contributed by atoms with Crippen LogP contribution in [0.3, 0.4) is 0 Å². The van der Waals surface area contributed by atoms with Crippen molar-refractivity contribution >= 4 is 39.2 Å². The van der Waals surface area contributed by atoms with Gasteiger partial charge in [0.15, 0.2) is 0 Å². The number of thiophene rings is 1. The van der Waals surface area contributed by atoms with Crippen molar-refractivity contribution in [2.75, 3.05) is 5.08 Å².